The minimum absolute atomic E-state index is 0.213. The van der Waals surface area contributed by atoms with Crippen LogP contribution in [-0.4, -0.2) is 33.3 Å². The van der Waals surface area contributed by atoms with Crippen LogP contribution < -0.4 is 0 Å². The van der Waals surface area contributed by atoms with Crippen molar-refractivity contribution in [3.8, 4) is 11.3 Å². The van der Waals surface area contributed by atoms with Gasteiger partial charge in [0.15, 0.2) is 4.96 Å². The third-order valence-corrected chi connectivity index (χ3v) is 6.12. The maximum absolute atomic E-state index is 12.8. The molecule has 1 amide bonds. The molecule has 136 valence electrons. The van der Waals surface area contributed by atoms with Crippen molar-refractivity contribution in [3.05, 3.63) is 46.6 Å². The van der Waals surface area contributed by atoms with Crippen LogP contribution >= 0.6 is 22.9 Å². The zero-order valence-electron chi connectivity index (χ0n) is 15.0. The van der Waals surface area contributed by atoms with Crippen LogP contribution in [-0.2, 0) is 11.2 Å². The SMILES string of the molecule is C[C@H]1C[C@H](C)CN(C(=O)Cc2csc3nc(-c4ccc(Cl)cc4)cn23)C1. The van der Waals surface area contributed by atoms with Crippen molar-refractivity contribution in [1.82, 2.24) is 14.3 Å². The minimum Gasteiger partial charge on any atom is -0.342 e. The van der Waals surface area contributed by atoms with Crippen molar-refractivity contribution in [2.24, 2.45) is 11.8 Å². The van der Waals surface area contributed by atoms with Gasteiger partial charge in [0.2, 0.25) is 5.91 Å². The number of halogens is 1. The molecule has 26 heavy (non-hydrogen) atoms. The second kappa shape index (κ2) is 7.05. The van der Waals surface area contributed by atoms with Gasteiger partial charge in [0.05, 0.1) is 12.1 Å². The molecule has 0 spiro atoms. The van der Waals surface area contributed by atoms with Crippen LogP contribution in [0.15, 0.2) is 35.8 Å². The molecule has 3 heterocycles. The van der Waals surface area contributed by atoms with Crippen molar-refractivity contribution in [1.29, 1.82) is 0 Å². The van der Waals surface area contributed by atoms with Crippen LogP contribution in [0.2, 0.25) is 5.02 Å². The van der Waals surface area contributed by atoms with E-state index in [1.54, 1.807) is 11.3 Å². The first kappa shape index (κ1) is 17.6. The molecule has 0 saturated carbocycles. The number of imidazole rings is 1. The maximum atomic E-state index is 12.8. The summed E-state index contributed by atoms with van der Waals surface area (Å²) in [6.45, 7) is 6.20. The van der Waals surface area contributed by atoms with Crippen molar-refractivity contribution in [2.45, 2.75) is 26.7 Å². The number of hydrogen-bond acceptors (Lipinski definition) is 3. The Morgan fingerprint density at radius 1 is 1.23 bits per heavy atom. The highest BCUT2D eigenvalue weighted by atomic mass is 35.5. The summed E-state index contributed by atoms with van der Waals surface area (Å²) in [6, 6.07) is 7.67. The lowest BCUT2D eigenvalue weighted by Gasteiger charge is -2.35. The standard InChI is InChI=1S/C20H22ClN3OS/c1-13-7-14(2)10-23(9-13)19(25)8-17-12-26-20-22-18(11-24(17)20)15-3-5-16(21)6-4-15/h3-6,11-14H,7-10H2,1-2H3/t13-,14-/m0/s1. The third kappa shape index (κ3) is 3.51. The summed E-state index contributed by atoms with van der Waals surface area (Å²) in [5, 5.41) is 2.76. The van der Waals surface area contributed by atoms with Crippen LogP contribution in [0.1, 0.15) is 26.0 Å². The van der Waals surface area contributed by atoms with E-state index in [1.165, 1.54) is 6.42 Å². The number of hydrogen-bond donors (Lipinski definition) is 0. The monoisotopic (exact) mass is 387 g/mol. The van der Waals surface area contributed by atoms with Gasteiger partial charge in [0.25, 0.3) is 0 Å². The molecule has 4 rings (SSSR count). The van der Waals surface area contributed by atoms with E-state index in [1.807, 2.05) is 45.1 Å². The fraction of sp³-hybridized carbons (Fsp3) is 0.400. The summed E-state index contributed by atoms with van der Waals surface area (Å²) >= 11 is 7.55. The van der Waals surface area contributed by atoms with E-state index < -0.39 is 0 Å². The van der Waals surface area contributed by atoms with E-state index >= 15 is 0 Å². The molecular weight excluding hydrogens is 366 g/mol. The van der Waals surface area contributed by atoms with Gasteiger partial charge >= 0.3 is 0 Å². The minimum atomic E-state index is 0.213. The highest BCUT2D eigenvalue weighted by molar-refractivity contribution is 7.15. The first-order valence-electron chi connectivity index (χ1n) is 8.99. The quantitative estimate of drug-likeness (QED) is 0.649. The number of carbonyl (C=O) groups excluding carboxylic acids is 1. The number of rotatable bonds is 3. The number of carbonyl (C=O) groups is 1. The van der Waals surface area contributed by atoms with E-state index in [9.17, 15) is 4.79 Å². The van der Waals surface area contributed by atoms with Crippen LogP contribution in [0.4, 0.5) is 0 Å². The summed E-state index contributed by atoms with van der Waals surface area (Å²) in [5.41, 5.74) is 2.94. The predicted molar refractivity (Wildman–Crippen MR) is 107 cm³/mol. The summed E-state index contributed by atoms with van der Waals surface area (Å²) in [4.78, 5) is 20.4. The third-order valence-electron chi connectivity index (χ3n) is 4.98. The largest absolute Gasteiger partial charge is 0.342 e. The molecule has 1 aliphatic heterocycles. The molecule has 0 N–H and O–H groups in total. The van der Waals surface area contributed by atoms with E-state index in [-0.39, 0.29) is 5.91 Å². The molecule has 2 aromatic heterocycles. The van der Waals surface area contributed by atoms with E-state index in [0.717, 1.165) is 35.0 Å². The van der Waals surface area contributed by atoms with Crippen molar-refractivity contribution in [3.63, 3.8) is 0 Å². The van der Waals surface area contributed by atoms with Gasteiger partial charge in [-0.2, -0.15) is 0 Å². The molecule has 1 saturated heterocycles. The number of amides is 1. The topological polar surface area (TPSA) is 37.6 Å². The second-order valence-electron chi connectivity index (χ2n) is 7.43. The fourth-order valence-electron chi connectivity index (χ4n) is 3.85. The van der Waals surface area contributed by atoms with Gasteiger partial charge in [-0.05, 0) is 30.4 Å². The molecule has 0 aliphatic carbocycles. The summed E-state index contributed by atoms with van der Waals surface area (Å²) < 4.78 is 2.04. The summed E-state index contributed by atoms with van der Waals surface area (Å²) in [7, 11) is 0. The molecule has 0 radical (unpaired) electrons. The molecule has 2 atom stereocenters. The van der Waals surface area contributed by atoms with E-state index in [0.29, 0.717) is 23.3 Å². The zero-order chi connectivity index (χ0) is 18.3. The van der Waals surface area contributed by atoms with Gasteiger partial charge in [0.1, 0.15) is 0 Å². The average molecular weight is 388 g/mol. The number of likely N-dealkylation sites (tertiary alicyclic amines) is 1. The lowest BCUT2D eigenvalue weighted by molar-refractivity contribution is -0.133. The maximum Gasteiger partial charge on any atom is 0.228 e. The number of nitrogens with zero attached hydrogens (tertiary/aromatic N) is 3. The van der Waals surface area contributed by atoms with E-state index in [2.05, 4.69) is 13.8 Å². The second-order valence-corrected chi connectivity index (χ2v) is 8.71. The Morgan fingerprint density at radius 3 is 2.62 bits per heavy atom. The predicted octanol–water partition coefficient (Wildman–Crippen LogP) is 4.76. The van der Waals surface area contributed by atoms with Gasteiger partial charge in [-0.1, -0.05) is 37.6 Å². The van der Waals surface area contributed by atoms with E-state index in [4.69, 9.17) is 16.6 Å². The van der Waals surface area contributed by atoms with Crippen LogP contribution in [0.5, 0.6) is 0 Å². The van der Waals surface area contributed by atoms with Gasteiger partial charge in [-0.3, -0.25) is 9.20 Å². The van der Waals surface area contributed by atoms with Gasteiger partial charge < -0.3 is 4.90 Å². The Morgan fingerprint density at radius 2 is 1.92 bits per heavy atom. The number of piperidine rings is 1. The Labute approximate surface area is 162 Å². The molecule has 0 bridgehead atoms. The summed E-state index contributed by atoms with van der Waals surface area (Å²) in [5.74, 6) is 1.37. The normalized spacial score (nSPS) is 20.7. The Balaban J connectivity index is 1.55. The lowest BCUT2D eigenvalue weighted by Crippen LogP contribution is -2.43. The summed E-state index contributed by atoms with van der Waals surface area (Å²) in [6.07, 6.45) is 3.65. The van der Waals surface area contributed by atoms with Crippen LogP contribution in [0, 0.1) is 11.8 Å². The van der Waals surface area contributed by atoms with Gasteiger partial charge in [-0.15, -0.1) is 11.3 Å². The Bertz CT molecular complexity index is 920. The molecule has 6 heteroatoms. The highest BCUT2D eigenvalue weighted by Gasteiger charge is 2.26. The molecule has 1 aromatic carbocycles. The Kier molecular flexibility index (Phi) is 4.76. The van der Waals surface area contributed by atoms with Crippen molar-refractivity contribution in [2.75, 3.05) is 13.1 Å². The molecular formula is C20H22ClN3OS. The average Bonchev–Trinajstić information content (AvgIpc) is 3.16. The number of thiazole rings is 1. The molecule has 1 fully saturated rings. The first-order chi connectivity index (χ1) is 12.5. The molecule has 0 unspecified atom stereocenters. The van der Waals surface area contributed by atoms with Gasteiger partial charge in [-0.25, -0.2) is 4.98 Å². The smallest absolute Gasteiger partial charge is 0.228 e. The fourth-order valence-corrected chi connectivity index (χ4v) is 4.85. The number of fused-ring (bicyclic) bond motifs is 1. The van der Waals surface area contributed by atoms with Crippen LogP contribution in [0.3, 0.4) is 0 Å². The lowest BCUT2D eigenvalue weighted by atomic mass is 9.91. The molecule has 4 nitrogen and oxygen atoms in total. The van der Waals surface area contributed by atoms with Crippen molar-refractivity contribution < 1.29 is 4.79 Å². The number of benzene rings is 1. The number of aromatic nitrogens is 2. The molecule has 1 aliphatic rings. The Hall–Kier alpha value is -1.85. The van der Waals surface area contributed by atoms with Crippen LogP contribution in [0.25, 0.3) is 16.2 Å². The van der Waals surface area contributed by atoms with Crippen molar-refractivity contribution >= 4 is 33.8 Å². The first-order valence-corrected chi connectivity index (χ1v) is 10.2. The molecule has 3 aromatic rings. The highest BCUT2D eigenvalue weighted by Crippen LogP contribution is 2.26. The zero-order valence-corrected chi connectivity index (χ0v) is 16.6. The van der Waals surface area contributed by atoms with Gasteiger partial charge in [0, 0.05) is 40.9 Å².